The Morgan fingerprint density at radius 3 is 2.76 bits per heavy atom. The first-order chi connectivity index (χ1) is 16.6. The van der Waals surface area contributed by atoms with Crippen molar-refractivity contribution in [1.82, 2.24) is 19.7 Å². The minimum absolute atomic E-state index is 0.270. The Bertz CT molecular complexity index is 1360. The number of pyridine rings is 2. The number of imidazole rings is 1. The second-order valence-electron chi connectivity index (χ2n) is 8.78. The van der Waals surface area contributed by atoms with Gasteiger partial charge in [-0.1, -0.05) is 6.07 Å². The van der Waals surface area contributed by atoms with Crippen molar-refractivity contribution in [2.24, 2.45) is 0 Å². The molecule has 34 heavy (non-hydrogen) atoms. The van der Waals surface area contributed by atoms with Crippen LogP contribution in [0, 0.1) is 5.82 Å². The van der Waals surface area contributed by atoms with Crippen LogP contribution in [0.4, 0.5) is 26.0 Å². The molecule has 1 fully saturated rings. The fourth-order valence-corrected chi connectivity index (χ4v) is 4.84. The lowest BCUT2D eigenvalue weighted by molar-refractivity contribution is 0.0645. The number of nitrogens with zero attached hydrogens (tertiary/aromatic N) is 4. The van der Waals surface area contributed by atoms with Gasteiger partial charge < -0.3 is 20.6 Å². The third kappa shape index (κ3) is 3.66. The summed E-state index contributed by atoms with van der Waals surface area (Å²) in [5.74, 6) is 0.398. The normalized spacial score (nSPS) is 20.0. The van der Waals surface area contributed by atoms with Gasteiger partial charge in [0.05, 0.1) is 23.8 Å². The molecule has 2 atom stereocenters. The summed E-state index contributed by atoms with van der Waals surface area (Å²) in [5, 5.41) is 16.7. The largest absolute Gasteiger partial charge is 0.388 e. The van der Waals surface area contributed by atoms with Crippen molar-refractivity contribution in [2.75, 3.05) is 23.3 Å². The van der Waals surface area contributed by atoms with Gasteiger partial charge in [-0.15, -0.1) is 0 Å². The number of aliphatic hydroxyl groups excluding tert-OH is 1. The molecule has 7 nitrogen and oxygen atoms in total. The van der Waals surface area contributed by atoms with Gasteiger partial charge in [-0.05, 0) is 41.8 Å². The van der Waals surface area contributed by atoms with Crippen LogP contribution in [-0.2, 0) is 13.1 Å². The predicted molar refractivity (Wildman–Crippen MR) is 126 cm³/mol. The van der Waals surface area contributed by atoms with Crippen molar-refractivity contribution in [2.45, 2.75) is 31.8 Å². The third-order valence-electron chi connectivity index (χ3n) is 6.66. The van der Waals surface area contributed by atoms with Crippen molar-refractivity contribution in [1.29, 1.82) is 0 Å². The van der Waals surface area contributed by atoms with Crippen molar-refractivity contribution in [3.8, 4) is 11.3 Å². The van der Waals surface area contributed by atoms with Gasteiger partial charge in [-0.25, -0.2) is 18.7 Å². The van der Waals surface area contributed by atoms with E-state index >= 15 is 0 Å². The molecule has 0 radical (unpaired) electrons. The third-order valence-corrected chi connectivity index (χ3v) is 6.66. The number of piperidine rings is 1. The van der Waals surface area contributed by atoms with Crippen LogP contribution in [0.1, 0.15) is 17.5 Å². The smallest absolute Gasteiger partial charge is 0.140 e. The minimum atomic E-state index is -1.16. The maximum atomic E-state index is 13.6. The Kier molecular flexibility index (Phi) is 5.15. The fourth-order valence-electron chi connectivity index (χ4n) is 4.84. The molecule has 9 heteroatoms. The Hall–Kier alpha value is -3.56. The Labute approximate surface area is 195 Å². The van der Waals surface area contributed by atoms with E-state index in [4.69, 9.17) is 0 Å². The number of aromatic nitrogens is 3. The van der Waals surface area contributed by atoms with Crippen LogP contribution < -0.4 is 15.5 Å². The van der Waals surface area contributed by atoms with Crippen LogP contribution in [0.3, 0.4) is 0 Å². The summed E-state index contributed by atoms with van der Waals surface area (Å²) in [5.41, 5.74) is 6.72. The van der Waals surface area contributed by atoms with Crippen LogP contribution in [0.5, 0.6) is 0 Å². The van der Waals surface area contributed by atoms with Crippen molar-refractivity contribution >= 4 is 22.8 Å². The van der Waals surface area contributed by atoms with Gasteiger partial charge in [0.25, 0.3) is 0 Å². The topological polar surface area (TPSA) is 77.7 Å². The van der Waals surface area contributed by atoms with Gasteiger partial charge in [-0.2, -0.15) is 0 Å². The molecular formula is C25H24F2N6O. The Balaban J connectivity index is 1.26. The van der Waals surface area contributed by atoms with Gasteiger partial charge in [0, 0.05) is 49.7 Å². The molecule has 0 bridgehead atoms. The zero-order valence-corrected chi connectivity index (χ0v) is 18.4. The van der Waals surface area contributed by atoms with Gasteiger partial charge in [0.15, 0.2) is 0 Å². The summed E-state index contributed by atoms with van der Waals surface area (Å²) in [7, 11) is 0. The van der Waals surface area contributed by atoms with Gasteiger partial charge in [-0.3, -0.25) is 4.40 Å². The number of β-amino-alcohol motifs (C(OH)–C–C–N with tert-alkyl or cyclic N) is 1. The van der Waals surface area contributed by atoms with Crippen molar-refractivity contribution < 1.29 is 13.9 Å². The number of hydrogen-bond acceptors (Lipinski definition) is 6. The number of nitrogens with one attached hydrogen (secondary N) is 2. The number of rotatable bonds is 4. The SMILES string of the molecule is O[C@@H]1CN(c2ccc(Nc3ccc(-c4cnc5cc(F)ccn45)c4c3CNC4)nc2)CC[C@@H]1F. The highest BCUT2D eigenvalue weighted by Gasteiger charge is 2.27. The number of fused-ring (bicyclic) bond motifs is 2. The predicted octanol–water partition coefficient (Wildman–Crippen LogP) is 3.79. The molecule has 4 aromatic rings. The van der Waals surface area contributed by atoms with Crippen LogP contribution in [0.25, 0.3) is 16.9 Å². The van der Waals surface area contributed by atoms with E-state index in [1.807, 2.05) is 27.5 Å². The fraction of sp³-hybridized carbons (Fsp3) is 0.280. The van der Waals surface area contributed by atoms with Crippen LogP contribution in [-0.4, -0.2) is 44.8 Å². The average molecular weight is 463 g/mol. The molecule has 6 rings (SSSR count). The molecule has 1 saturated heterocycles. The molecule has 0 unspecified atom stereocenters. The number of halogens is 2. The van der Waals surface area contributed by atoms with Crippen molar-refractivity contribution in [3.05, 3.63) is 71.9 Å². The number of alkyl halides is 1. The second-order valence-corrected chi connectivity index (χ2v) is 8.78. The summed E-state index contributed by atoms with van der Waals surface area (Å²) in [6.45, 7) is 2.29. The van der Waals surface area contributed by atoms with Gasteiger partial charge >= 0.3 is 0 Å². The summed E-state index contributed by atoms with van der Waals surface area (Å²) in [6.07, 6.45) is 3.41. The molecule has 0 aliphatic carbocycles. The Morgan fingerprint density at radius 2 is 1.94 bits per heavy atom. The summed E-state index contributed by atoms with van der Waals surface area (Å²) < 4.78 is 29.0. The van der Waals surface area contributed by atoms with Gasteiger partial charge in [0.1, 0.15) is 29.6 Å². The molecule has 0 amide bonds. The van der Waals surface area contributed by atoms with Crippen LogP contribution in [0.2, 0.25) is 0 Å². The number of benzene rings is 1. The van der Waals surface area contributed by atoms with E-state index in [1.54, 1.807) is 18.6 Å². The molecule has 2 aliphatic rings. The highest BCUT2D eigenvalue weighted by atomic mass is 19.1. The average Bonchev–Trinajstić information content (AvgIpc) is 3.49. The summed E-state index contributed by atoms with van der Waals surface area (Å²) in [6, 6.07) is 10.8. The molecule has 2 aliphatic heterocycles. The van der Waals surface area contributed by atoms with E-state index in [9.17, 15) is 13.9 Å². The molecule has 1 aromatic carbocycles. The summed E-state index contributed by atoms with van der Waals surface area (Å²) >= 11 is 0. The van der Waals surface area contributed by atoms with Crippen LogP contribution in [0.15, 0.2) is 55.0 Å². The molecule has 5 heterocycles. The maximum absolute atomic E-state index is 13.6. The van der Waals surface area contributed by atoms with E-state index in [0.717, 1.165) is 41.3 Å². The minimum Gasteiger partial charge on any atom is -0.388 e. The molecule has 0 saturated carbocycles. The number of anilines is 3. The lowest BCUT2D eigenvalue weighted by Crippen LogP contribution is -2.45. The standard InChI is InChI=1S/C25H24F2N6O/c26-15-5-8-33-22(13-30-25(33)9-15)17-2-3-21(19-12-28-11-18(17)19)31-24-4-1-16(10-29-24)32-7-6-20(27)23(34)14-32/h1-5,8-10,13,20,23,28,34H,6-7,11-12,14H2,(H,29,31)/t20-,23+/m0/s1. The summed E-state index contributed by atoms with van der Waals surface area (Å²) in [4.78, 5) is 10.9. The highest BCUT2D eigenvalue weighted by molar-refractivity contribution is 5.75. The number of hydrogen-bond donors (Lipinski definition) is 3. The lowest BCUT2D eigenvalue weighted by atomic mass is 9.99. The monoisotopic (exact) mass is 462 g/mol. The quantitative estimate of drug-likeness (QED) is 0.428. The van der Waals surface area contributed by atoms with E-state index in [0.29, 0.717) is 24.4 Å². The zero-order chi connectivity index (χ0) is 23.2. The van der Waals surface area contributed by atoms with Crippen LogP contribution >= 0.6 is 0 Å². The first kappa shape index (κ1) is 21.0. The second kappa shape index (κ2) is 8.34. The van der Waals surface area contributed by atoms with Gasteiger partial charge in [0.2, 0.25) is 0 Å². The molecular weight excluding hydrogens is 438 g/mol. The first-order valence-corrected chi connectivity index (χ1v) is 11.4. The number of aliphatic hydroxyl groups is 1. The molecule has 0 spiro atoms. The molecule has 174 valence electrons. The molecule has 3 aromatic heterocycles. The highest BCUT2D eigenvalue weighted by Crippen LogP contribution is 2.35. The van der Waals surface area contributed by atoms with E-state index in [2.05, 4.69) is 26.7 Å². The van der Waals surface area contributed by atoms with E-state index in [1.165, 1.54) is 17.7 Å². The Morgan fingerprint density at radius 1 is 1.06 bits per heavy atom. The van der Waals surface area contributed by atoms with Crippen molar-refractivity contribution in [3.63, 3.8) is 0 Å². The zero-order valence-electron chi connectivity index (χ0n) is 18.4. The maximum Gasteiger partial charge on any atom is 0.140 e. The lowest BCUT2D eigenvalue weighted by Gasteiger charge is -2.33. The van der Waals surface area contributed by atoms with E-state index < -0.39 is 12.3 Å². The first-order valence-electron chi connectivity index (χ1n) is 11.4. The van der Waals surface area contributed by atoms with E-state index in [-0.39, 0.29) is 12.4 Å². The molecule has 3 N–H and O–H groups in total.